The van der Waals surface area contributed by atoms with Crippen LogP contribution in [0.3, 0.4) is 0 Å². The molecule has 0 fully saturated rings. The average Bonchev–Trinajstić information content (AvgIpc) is 2.75. The molecule has 8 heteroatoms. The Morgan fingerprint density at radius 3 is 2.18 bits per heavy atom. The van der Waals surface area contributed by atoms with Crippen LogP contribution in [-0.2, 0) is 31.3 Å². The lowest BCUT2D eigenvalue weighted by Gasteiger charge is -2.25. The number of aliphatic carboxylic acids is 1. The zero-order valence-electron chi connectivity index (χ0n) is 23.9. The number of carboxylic acids is 1. The van der Waals surface area contributed by atoms with Gasteiger partial charge >= 0.3 is 5.97 Å². The van der Waals surface area contributed by atoms with Gasteiger partial charge in [-0.25, -0.2) is 8.42 Å². The van der Waals surface area contributed by atoms with Crippen LogP contribution in [0.15, 0.2) is 41.3 Å². The molecule has 0 aromatic heterocycles. The highest BCUT2D eigenvalue weighted by Gasteiger charge is 2.26. The van der Waals surface area contributed by atoms with E-state index in [2.05, 4.69) is 19.2 Å². The maximum Gasteiger partial charge on any atom is 0.307 e. The van der Waals surface area contributed by atoms with Gasteiger partial charge in [0.1, 0.15) is 5.75 Å². The highest BCUT2D eigenvalue weighted by molar-refractivity contribution is 7.91. The van der Waals surface area contributed by atoms with Gasteiger partial charge in [-0.2, -0.15) is 0 Å². The third kappa shape index (κ3) is 8.86. The molecule has 0 spiro atoms. The number of carbonyl (C=O) groups is 2. The third-order valence-corrected chi connectivity index (χ3v) is 8.34. The fourth-order valence-corrected chi connectivity index (χ4v) is 6.34. The predicted octanol–water partition coefficient (Wildman–Crippen LogP) is 6.21. The van der Waals surface area contributed by atoms with Gasteiger partial charge in [-0.3, -0.25) is 9.59 Å². The number of hydrogen-bond donors (Lipinski definition) is 2. The maximum atomic E-state index is 13.4. The van der Waals surface area contributed by atoms with Crippen LogP contribution in [0.25, 0.3) is 0 Å². The molecule has 0 saturated heterocycles. The lowest BCUT2D eigenvalue weighted by atomic mass is 9.84. The quantitative estimate of drug-likeness (QED) is 0.328. The largest absolute Gasteiger partial charge is 0.496 e. The zero-order valence-corrected chi connectivity index (χ0v) is 24.7. The first kappa shape index (κ1) is 31.3. The highest BCUT2D eigenvalue weighted by atomic mass is 32.2. The van der Waals surface area contributed by atoms with E-state index in [1.807, 2.05) is 40.7 Å². The molecule has 0 saturated carbocycles. The van der Waals surface area contributed by atoms with E-state index in [0.29, 0.717) is 23.4 Å². The van der Waals surface area contributed by atoms with Crippen LogP contribution in [0.2, 0.25) is 0 Å². The Kier molecular flexibility index (Phi) is 10.5. The van der Waals surface area contributed by atoms with Crippen LogP contribution in [0, 0.1) is 11.8 Å². The van der Waals surface area contributed by atoms with Crippen molar-refractivity contribution in [2.45, 2.75) is 84.0 Å². The van der Waals surface area contributed by atoms with Crippen molar-refractivity contribution in [2.75, 3.05) is 18.2 Å². The van der Waals surface area contributed by atoms with Crippen LogP contribution >= 0.6 is 0 Å². The standard InChI is InChI=1S/C30H43NO6S/c1-19(2)13-22(24-11-10-23(17-27(24)37-8)38(35,36)18-20(3)4)16-28(32)31-26-14-21(15-29(33)34)9-12-25(26)30(5,6)7/h9-12,14,17,19-20,22H,13,15-16,18H2,1-8H3,(H,31,32)(H,33,34). The summed E-state index contributed by atoms with van der Waals surface area (Å²) in [6.07, 6.45) is 0.735. The van der Waals surface area contributed by atoms with Gasteiger partial charge in [-0.1, -0.05) is 66.7 Å². The first-order valence-corrected chi connectivity index (χ1v) is 14.7. The minimum Gasteiger partial charge on any atom is -0.496 e. The number of anilines is 1. The number of rotatable bonds is 12. The van der Waals surface area contributed by atoms with Crippen molar-refractivity contribution in [1.29, 1.82) is 0 Å². The van der Waals surface area contributed by atoms with Gasteiger partial charge in [0.05, 0.1) is 24.2 Å². The molecule has 210 valence electrons. The van der Waals surface area contributed by atoms with Gasteiger partial charge in [-0.05, 0) is 64.5 Å². The van der Waals surface area contributed by atoms with Crippen molar-refractivity contribution in [3.63, 3.8) is 0 Å². The van der Waals surface area contributed by atoms with Crippen molar-refractivity contribution >= 4 is 27.4 Å². The van der Waals surface area contributed by atoms with E-state index < -0.39 is 15.8 Å². The van der Waals surface area contributed by atoms with E-state index in [1.165, 1.54) is 7.11 Å². The molecular weight excluding hydrogens is 502 g/mol. The number of methoxy groups -OCH3 is 1. The average molecular weight is 546 g/mol. The molecule has 2 rings (SSSR count). The number of nitrogens with one attached hydrogen (secondary N) is 1. The number of sulfone groups is 1. The second-order valence-corrected chi connectivity index (χ2v) is 13.9. The Morgan fingerprint density at radius 2 is 1.66 bits per heavy atom. The molecule has 0 radical (unpaired) electrons. The van der Waals surface area contributed by atoms with Gasteiger partial charge in [0.25, 0.3) is 0 Å². The monoisotopic (exact) mass is 545 g/mol. The topological polar surface area (TPSA) is 110 Å². The molecular formula is C30H43NO6S. The number of hydrogen-bond acceptors (Lipinski definition) is 5. The molecule has 1 atom stereocenters. The molecule has 1 unspecified atom stereocenters. The Balaban J connectivity index is 2.41. The van der Waals surface area contributed by atoms with Crippen molar-refractivity contribution < 1.29 is 27.9 Å². The fourth-order valence-electron chi connectivity index (χ4n) is 4.70. The lowest BCUT2D eigenvalue weighted by Crippen LogP contribution is -2.21. The molecule has 0 aliphatic rings. The van der Waals surface area contributed by atoms with Crippen molar-refractivity contribution in [1.82, 2.24) is 0 Å². The molecule has 2 aromatic carbocycles. The molecule has 0 aliphatic carbocycles. The number of amides is 1. The van der Waals surface area contributed by atoms with Gasteiger partial charge in [-0.15, -0.1) is 0 Å². The minimum atomic E-state index is -3.45. The van der Waals surface area contributed by atoms with Gasteiger partial charge < -0.3 is 15.2 Å². The van der Waals surface area contributed by atoms with Crippen molar-refractivity contribution in [2.24, 2.45) is 11.8 Å². The summed E-state index contributed by atoms with van der Waals surface area (Å²) in [5.74, 6) is -0.564. The second kappa shape index (κ2) is 12.8. The van der Waals surface area contributed by atoms with Gasteiger partial charge in [0.15, 0.2) is 9.84 Å². The van der Waals surface area contributed by atoms with Crippen LogP contribution in [0.5, 0.6) is 5.75 Å². The second-order valence-electron chi connectivity index (χ2n) is 11.9. The van der Waals surface area contributed by atoms with E-state index in [-0.39, 0.29) is 52.6 Å². The van der Waals surface area contributed by atoms with Gasteiger partial charge in [0, 0.05) is 12.1 Å². The summed E-state index contributed by atoms with van der Waals surface area (Å²) < 4.78 is 31.2. The van der Waals surface area contributed by atoms with E-state index in [9.17, 15) is 23.1 Å². The van der Waals surface area contributed by atoms with Crippen LogP contribution in [0.4, 0.5) is 5.69 Å². The van der Waals surface area contributed by atoms with Crippen LogP contribution in [-0.4, -0.2) is 38.3 Å². The molecule has 7 nitrogen and oxygen atoms in total. The smallest absolute Gasteiger partial charge is 0.307 e. The summed E-state index contributed by atoms with van der Waals surface area (Å²) in [6.45, 7) is 14.0. The summed E-state index contributed by atoms with van der Waals surface area (Å²) in [5.41, 5.74) is 2.65. The number of carboxylic acid groups (broad SMARTS) is 1. The number of ether oxygens (including phenoxy) is 1. The Morgan fingerprint density at radius 1 is 1.00 bits per heavy atom. The van der Waals surface area contributed by atoms with E-state index >= 15 is 0 Å². The van der Waals surface area contributed by atoms with E-state index in [1.54, 1.807) is 30.3 Å². The summed E-state index contributed by atoms with van der Waals surface area (Å²) in [5, 5.41) is 12.3. The van der Waals surface area contributed by atoms with Crippen molar-refractivity contribution in [3.8, 4) is 5.75 Å². The summed E-state index contributed by atoms with van der Waals surface area (Å²) in [7, 11) is -1.95. The van der Waals surface area contributed by atoms with Gasteiger partial charge in [0.2, 0.25) is 5.91 Å². The molecule has 0 aliphatic heterocycles. The highest BCUT2D eigenvalue weighted by Crippen LogP contribution is 2.37. The Bertz CT molecular complexity index is 1240. The summed E-state index contributed by atoms with van der Waals surface area (Å²) in [6, 6.07) is 10.3. The third-order valence-electron chi connectivity index (χ3n) is 6.27. The maximum absolute atomic E-state index is 13.4. The minimum absolute atomic E-state index is 0.00459. The Labute approximate surface area is 227 Å². The summed E-state index contributed by atoms with van der Waals surface area (Å²) >= 11 is 0. The SMILES string of the molecule is COc1cc(S(=O)(=O)CC(C)C)ccc1C(CC(=O)Nc1cc(CC(=O)O)ccc1C(C)(C)C)CC(C)C. The predicted molar refractivity (Wildman–Crippen MR) is 152 cm³/mol. The number of benzene rings is 2. The van der Waals surface area contributed by atoms with Crippen LogP contribution in [0.1, 0.15) is 83.9 Å². The van der Waals surface area contributed by atoms with Crippen molar-refractivity contribution in [3.05, 3.63) is 53.1 Å². The Hall–Kier alpha value is -2.87. The summed E-state index contributed by atoms with van der Waals surface area (Å²) in [4.78, 5) is 24.8. The molecule has 0 bridgehead atoms. The van der Waals surface area contributed by atoms with E-state index in [0.717, 1.165) is 11.1 Å². The molecule has 2 N–H and O–H groups in total. The first-order valence-electron chi connectivity index (χ1n) is 13.1. The molecule has 0 heterocycles. The molecule has 38 heavy (non-hydrogen) atoms. The molecule has 1 amide bonds. The van der Waals surface area contributed by atoms with E-state index in [4.69, 9.17) is 4.74 Å². The zero-order chi connectivity index (χ0) is 28.8. The fraction of sp³-hybridized carbons (Fsp3) is 0.533. The normalized spacial score (nSPS) is 13.0. The molecule has 2 aromatic rings. The number of carbonyl (C=O) groups excluding carboxylic acids is 1. The lowest BCUT2D eigenvalue weighted by molar-refractivity contribution is -0.136. The van der Waals surface area contributed by atoms with Crippen LogP contribution < -0.4 is 10.1 Å². The first-order chi connectivity index (χ1) is 17.5.